The quantitative estimate of drug-likeness (QED) is 0.140. The molecule has 0 radical (unpaired) electrons. The summed E-state index contributed by atoms with van der Waals surface area (Å²) in [7, 11) is 0. The highest BCUT2D eigenvalue weighted by atomic mass is 14.7. The minimum absolute atomic E-state index is 0.975. The first kappa shape index (κ1) is 36.9. The number of hydrogen-bond donors (Lipinski definition) is 0. The summed E-state index contributed by atoms with van der Waals surface area (Å²) in [6.07, 6.45) is 1.85. The molecule has 11 rings (SSSR count). The molecule has 1 aromatic heterocycles. The smallest absolute Gasteiger partial charge is 0.0701 e. The second kappa shape index (κ2) is 16.1. The van der Waals surface area contributed by atoms with Crippen molar-refractivity contribution in [3.63, 3.8) is 0 Å². The minimum atomic E-state index is 0.975. The van der Waals surface area contributed by atoms with Crippen molar-refractivity contribution in [2.45, 2.75) is 0 Å². The van der Waals surface area contributed by atoms with E-state index in [9.17, 15) is 0 Å². The van der Waals surface area contributed by atoms with Gasteiger partial charge in [0.15, 0.2) is 0 Å². The Morgan fingerprint density at radius 1 is 0.210 bits per heavy atom. The van der Waals surface area contributed by atoms with Crippen LogP contribution in [-0.2, 0) is 0 Å². The van der Waals surface area contributed by atoms with Crippen LogP contribution in [0.15, 0.2) is 249 Å². The Hall–Kier alpha value is -8.13. The number of aromatic nitrogens is 1. The van der Waals surface area contributed by atoms with E-state index in [1.165, 1.54) is 99.4 Å². The predicted octanol–water partition coefficient (Wildman–Crippen LogP) is 16.7. The van der Waals surface area contributed by atoms with Crippen LogP contribution in [0.25, 0.3) is 111 Å². The Labute approximate surface area is 362 Å². The molecule has 10 aromatic carbocycles. The van der Waals surface area contributed by atoms with Crippen molar-refractivity contribution in [2.75, 3.05) is 0 Å². The predicted molar refractivity (Wildman–Crippen MR) is 263 cm³/mol. The summed E-state index contributed by atoms with van der Waals surface area (Å²) in [5, 5.41) is 4.94. The van der Waals surface area contributed by atoms with Gasteiger partial charge in [0.05, 0.1) is 5.69 Å². The number of hydrogen-bond acceptors (Lipinski definition) is 1. The molecule has 0 unspecified atom stereocenters. The average Bonchev–Trinajstić information content (AvgIpc) is 3.36. The van der Waals surface area contributed by atoms with Gasteiger partial charge in [-0.1, -0.05) is 224 Å². The Morgan fingerprint density at radius 3 is 0.919 bits per heavy atom. The second-order valence-electron chi connectivity index (χ2n) is 15.8. The molecule has 0 bridgehead atoms. The van der Waals surface area contributed by atoms with Crippen LogP contribution in [0, 0.1) is 0 Å². The van der Waals surface area contributed by atoms with E-state index >= 15 is 0 Å². The van der Waals surface area contributed by atoms with Crippen molar-refractivity contribution in [3.05, 3.63) is 249 Å². The van der Waals surface area contributed by atoms with Crippen LogP contribution in [-0.4, -0.2) is 4.98 Å². The first-order valence-electron chi connectivity index (χ1n) is 21.3. The molecular formula is C61H41N. The summed E-state index contributed by atoms with van der Waals surface area (Å²) < 4.78 is 0. The maximum Gasteiger partial charge on any atom is 0.0701 e. The van der Waals surface area contributed by atoms with Crippen molar-refractivity contribution in [3.8, 4) is 89.1 Å². The fourth-order valence-corrected chi connectivity index (χ4v) is 9.37. The third kappa shape index (κ3) is 6.67. The largest absolute Gasteiger partial charge is 0.256 e. The van der Waals surface area contributed by atoms with Crippen LogP contribution >= 0.6 is 0 Å². The summed E-state index contributed by atoms with van der Waals surface area (Å²) in [6, 6.07) is 88.0. The van der Waals surface area contributed by atoms with Crippen LogP contribution < -0.4 is 0 Å². The van der Waals surface area contributed by atoms with Gasteiger partial charge in [0.1, 0.15) is 0 Å². The van der Waals surface area contributed by atoms with Crippen LogP contribution in [0.4, 0.5) is 0 Å². The number of nitrogens with zero attached hydrogens (tertiary/aromatic N) is 1. The zero-order chi connectivity index (χ0) is 41.2. The molecule has 0 spiro atoms. The van der Waals surface area contributed by atoms with Crippen LogP contribution in [0.5, 0.6) is 0 Å². The van der Waals surface area contributed by atoms with Gasteiger partial charge in [-0.25, -0.2) is 0 Å². The molecule has 0 saturated heterocycles. The van der Waals surface area contributed by atoms with Crippen molar-refractivity contribution < 1.29 is 0 Å². The average molecular weight is 788 g/mol. The monoisotopic (exact) mass is 787 g/mol. The van der Waals surface area contributed by atoms with E-state index in [-0.39, 0.29) is 0 Å². The Morgan fingerprint density at radius 2 is 0.516 bits per heavy atom. The zero-order valence-corrected chi connectivity index (χ0v) is 34.1. The van der Waals surface area contributed by atoms with E-state index < -0.39 is 0 Å². The van der Waals surface area contributed by atoms with Crippen LogP contribution in [0.3, 0.4) is 0 Å². The van der Waals surface area contributed by atoms with E-state index in [1.54, 1.807) is 0 Å². The molecule has 1 heteroatoms. The summed E-state index contributed by atoms with van der Waals surface area (Å²) in [5.74, 6) is 0. The van der Waals surface area contributed by atoms with Gasteiger partial charge in [0.25, 0.3) is 0 Å². The number of benzene rings is 10. The number of pyridine rings is 1. The van der Waals surface area contributed by atoms with E-state index in [0.29, 0.717) is 0 Å². The first-order valence-corrected chi connectivity index (χ1v) is 21.3. The van der Waals surface area contributed by atoms with Crippen molar-refractivity contribution in [2.24, 2.45) is 0 Å². The summed E-state index contributed by atoms with van der Waals surface area (Å²) in [6.45, 7) is 0. The highest BCUT2D eigenvalue weighted by Gasteiger charge is 2.24. The third-order valence-corrected chi connectivity index (χ3v) is 12.1. The lowest BCUT2D eigenvalue weighted by molar-refractivity contribution is 1.33. The van der Waals surface area contributed by atoms with Crippen molar-refractivity contribution >= 4 is 21.5 Å². The fraction of sp³-hybridized carbons (Fsp3) is 0. The van der Waals surface area contributed by atoms with E-state index in [0.717, 1.165) is 11.3 Å². The molecule has 0 saturated carbocycles. The van der Waals surface area contributed by atoms with Crippen LogP contribution in [0.1, 0.15) is 0 Å². The van der Waals surface area contributed by atoms with Gasteiger partial charge in [-0.05, 0) is 118 Å². The molecule has 290 valence electrons. The van der Waals surface area contributed by atoms with E-state index in [1.807, 2.05) is 18.3 Å². The molecule has 0 aliphatic carbocycles. The molecular weight excluding hydrogens is 747 g/mol. The summed E-state index contributed by atoms with van der Waals surface area (Å²) in [4.78, 5) is 4.59. The molecule has 0 N–H and O–H groups in total. The first-order chi connectivity index (χ1) is 30.8. The molecule has 0 aliphatic rings. The maximum absolute atomic E-state index is 4.59. The van der Waals surface area contributed by atoms with E-state index in [4.69, 9.17) is 0 Å². The van der Waals surface area contributed by atoms with Gasteiger partial charge in [-0.3, -0.25) is 4.98 Å². The number of rotatable bonds is 8. The third-order valence-electron chi connectivity index (χ3n) is 12.1. The summed E-state index contributed by atoms with van der Waals surface area (Å²) >= 11 is 0. The van der Waals surface area contributed by atoms with Gasteiger partial charge in [-0.2, -0.15) is 0 Å². The second-order valence-corrected chi connectivity index (χ2v) is 15.8. The fourth-order valence-electron chi connectivity index (χ4n) is 9.37. The molecule has 62 heavy (non-hydrogen) atoms. The lowest BCUT2D eigenvalue weighted by Crippen LogP contribution is -1.98. The van der Waals surface area contributed by atoms with Gasteiger partial charge in [0, 0.05) is 11.8 Å². The highest BCUT2D eigenvalue weighted by molar-refractivity contribution is 6.21. The normalized spacial score (nSPS) is 11.2. The molecule has 0 atom stereocenters. The molecule has 0 aliphatic heterocycles. The number of fused-ring (bicyclic) bond motifs is 2. The zero-order valence-electron chi connectivity index (χ0n) is 34.1. The van der Waals surface area contributed by atoms with Gasteiger partial charge in [-0.15, -0.1) is 0 Å². The van der Waals surface area contributed by atoms with Crippen molar-refractivity contribution in [1.29, 1.82) is 0 Å². The maximum atomic E-state index is 4.59. The SMILES string of the molecule is c1ccc(-c2cc(-c3ccc(-c4c5ccccc5c(-c5ccc(-c6ccccn6)cc5)c5ccccc45)cc3)c(-c3ccccc3)c(-c3ccccc3)c2-c2ccccc2)cc1. The highest BCUT2D eigenvalue weighted by Crippen LogP contribution is 2.51. The lowest BCUT2D eigenvalue weighted by Gasteiger charge is -2.24. The van der Waals surface area contributed by atoms with Crippen molar-refractivity contribution in [1.82, 2.24) is 4.98 Å². The summed E-state index contributed by atoms with van der Waals surface area (Å²) in [5.41, 5.74) is 18.9. The molecule has 1 nitrogen and oxygen atoms in total. The Balaban J connectivity index is 1.13. The van der Waals surface area contributed by atoms with E-state index in [2.05, 4.69) is 236 Å². The Kier molecular flexibility index (Phi) is 9.61. The Bertz CT molecular complexity index is 3270. The van der Waals surface area contributed by atoms with Gasteiger partial charge in [0.2, 0.25) is 0 Å². The standard InChI is InChI=1S/C61H41N/c1-5-19-42(20-6-1)54-41-55(60(46-23-9-3-10-24-46)61(47-25-11-4-12-26-47)59(54)45-21-7-2-8-22-45)43-32-36-48(37-33-43)57-50-27-13-15-29-52(50)58(53-30-16-14-28-51(53)57)49-38-34-44(35-39-49)56-31-17-18-40-62-56/h1-41H. The molecule has 11 aromatic rings. The topological polar surface area (TPSA) is 12.9 Å². The lowest BCUT2D eigenvalue weighted by atomic mass is 9.78. The van der Waals surface area contributed by atoms with Gasteiger partial charge < -0.3 is 0 Å². The molecule has 1 heterocycles. The molecule has 0 fully saturated rings. The molecule has 0 amide bonds. The minimum Gasteiger partial charge on any atom is -0.256 e. The van der Waals surface area contributed by atoms with Crippen LogP contribution in [0.2, 0.25) is 0 Å². The van der Waals surface area contributed by atoms with Gasteiger partial charge >= 0.3 is 0 Å².